The van der Waals surface area contributed by atoms with Gasteiger partial charge in [-0.2, -0.15) is 0 Å². The molecule has 22 heavy (non-hydrogen) atoms. The summed E-state index contributed by atoms with van der Waals surface area (Å²) in [4.78, 5) is 16.2. The van der Waals surface area contributed by atoms with Crippen LogP contribution < -0.4 is 0 Å². The molecule has 1 aliphatic rings. The average Bonchev–Trinajstić information content (AvgIpc) is 2.44. The van der Waals surface area contributed by atoms with Crippen molar-refractivity contribution in [2.75, 3.05) is 26.2 Å². The van der Waals surface area contributed by atoms with Crippen molar-refractivity contribution in [2.24, 2.45) is 0 Å². The lowest BCUT2D eigenvalue weighted by Crippen LogP contribution is -2.56. The van der Waals surface area contributed by atoms with Crippen LogP contribution in [0.5, 0.6) is 0 Å². The Labute approximate surface area is 132 Å². The van der Waals surface area contributed by atoms with Gasteiger partial charge in [0.25, 0.3) is 0 Å². The van der Waals surface area contributed by atoms with Gasteiger partial charge in [0.2, 0.25) is 0 Å². The van der Waals surface area contributed by atoms with Crippen LogP contribution in [0.1, 0.15) is 26.3 Å². The predicted molar refractivity (Wildman–Crippen MR) is 85.5 cm³/mol. The van der Waals surface area contributed by atoms with Gasteiger partial charge in [-0.3, -0.25) is 4.90 Å². The van der Waals surface area contributed by atoms with Crippen molar-refractivity contribution in [3.8, 4) is 0 Å². The van der Waals surface area contributed by atoms with E-state index >= 15 is 0 Å². The second kappa shape index (κ2) is 7.11. The highest BCUT2D eigenvalue weighted by Gasteiger charge is 2.30. The maximum atomic E-state index is 12.2. The fourth-order valence-corrected chi connectivity index (χ4v) is 2.80. The van der Waals surface area contributed by atoms with Crippen LogP contribution >= 0.6 is 0 Å². The van der Waals surface area contributed by atoms with Gasteiger partial charge in [0.1, 0.15) is 6.61 Å². The number of rotatable bonds is 4. The van der Waals surface area contributed by atoms with Crippen LogP contribution in [0, 0.1) is 0 Å². The molecule has 1 aliphatic heterocycles. The molecule has 1 atom stereocenters. The number of nitrogens with zero attached hydrogens (tertiary/aromatic N) is 2. The van der Waals surface area contributed by atoms with E-state index in [9.17, 15) is 9.90 Å². The first-order chi connectivity index (χ1) is 10.3. The summed E-state index contributed by atoms with van der Waals surface area (Å²) in [6.45, 7) is 8.68. The lowest BCUT2D eigenvalue weighted by atomic mass is 10.1. The summed E-state index contributed by atoms with van der Waals surface area (Å²) in [6.07, 6.45) is -0.265. The summed E-state index contributed by atoms with van der Waals surface area (Å²) < 4.78 is 5.39. The molecule has 0 bridgehead atoms. The molecule has 1 saturated heterocycles. The number of hydrogen-bond donors (Lipinski definition) is 1. The van der Waals surface area contributed by atoms with Crippen molar-refractivity contribution >= 4 is 6.09 Å². The van der Waals surface area contributed by atoms with E-state index in [0.29, 0.717) is 19.7 Å². The quantitative estimate of drug-likeness (QED) is 0.925. The molecule has 0 aliphatic carbocycles. The van der Waals surface area contributed by atoms with Crippen LogP contribution in [-0.2, 0) is 11.3 Å². The number of carbonyl (C=O) groups is 1. The van der Waals surface area contributed by atoms with E-state index < -0.39 is 5.60 Å². The highest BCUT2D eigenvalue weighted by atomic mass is 16.6. The Morgan fingerprint density at radius 3 is 2.59 bits per heavy atom. The first kappa shape index (κ1) is 16.8. The van der Waals surface area contributed by atoms with Gasteiger partial charge in [-0.05, 0) is 26.3 Å². The van der Waals surface area contributed by atoms with Gasteiger partial charge in [0.15, 0.2) is 0 Å². The fourth-order valence-electron chi connectivity index (χ4n) is 2.80. The normalized spacial score (nSPS) is 20.0. The van der Waals surface area contributed by atoms with E-state index in [1.807, 2.05) is 37.3 Å². The number of aliphatic hydroxyl groups is 1. The van der Waals surface area contributed by atoms with Crippen molar-refractivity contribution in [1.82, 2.24) is 9.80 Å². The van der Waals surface area contributed by atoms with E-state index in [2.05, 4.69) is 4.90 Å². The Morgan fingerprint density at radius 1 is 1.32 bits per heavy atom. The monoisotopic (exact) mass is 306 g/mol. The van der Waals surface area contributed by atoms with Gasteiger partial charge in [-0.1, -0.05) is 30.3 Å². The summed E-state index contributed by atoms with van der Waals surface area (Å²) in [5.41, 5.74) is 0.277. The van der Waals surface area contributed by atoms with Crippen molar-refractivity contribution in [3.05, 3.63) is 35.9 Å². The van der Waals surface area contributed by atoms with Crippen molar-refractivity contribution < 1.29 is 14.6 Å². The minimum Gasteiger partial charge on any atom is -0.445 e. The third-order valence-electron chi connectivity index (χ3n) is 3.76. The predicted octanol–water partition coefficient (Wildman–Crippen LogP) is 2.10. The SMILES string of the molecule is CC1CN(CC(C)(C)O)CCN1C(=O)OCc1ccccc1. The molecule has 1 aromatic carbocycles. The third-order valence-corrected chi connectivity index (χ3v) is 3.76. The molecule has 1 unspecified atom stereocenters. The molecule has 1 amide bonds. The number of amides is 1. The minimum absolute atomic E-state index is 0.0828. The molecular weight excluding hydrogens is 280 g/mol. The first-order valence-corrected chi connectivity index (χ1v) is 7.77. The summed E-state index contributed by atoms with van der Waals surface area (Å²) >= 11 is 0. The fraction of sp³-hybridized carbons (Fsp3) is 0.588. The second-order valence-electron chi connectivity index (χ2n) is 6.63. The van der Waals surface area contributed by atoms with Crippen LogP contribution in [-0.4, -0.2) is 58.8 Å². The topological polar surface area (TPSA) is 53.0 Å². The number of β-amino-alcohol motifs (C(OH)–C–C–N with tert-alkyl or cyclic N) is 1. The number of hydrogen-bond acceptors (Lipinski definition) is 4. The summed E-state index contributed by atoms with van der Waals surface area (Å²) in [5, 5.41) is 9.89. The maximum Gasteiger partial charge on any atom is 0.410 e. The lowest BCUT2D eigenvalue weighted by Gasteiger charge is -2.40. The van der Waals surface area contributed by atoms with Gasteiger partial charge >= 0.3 is 6.09 Å². The first-order valence-electron chi connectivity index (χ1n) is 7.77. The maximum absolute atomic E-state index is 12.2. The Kier molecular flexibility index (Phi) is 5.42. The Morgan fingerprint density at radius 2 is 2.00 bits per heavy atom. The molecule has 1 heterocycles. The van der Waals surface area contributed by atoms with Gasteiger partial charge < -0.3 is 14.7 Å². The third kappa shape index (κ3) is 5.00. The molecule has 0 spiro atoms. The molecule has 0 saturated carbocycles. The Hall–Kier alpha value is -1.59. The van der Waals surface area contributed by atoms with Gasteiger partial charge in [0, 0.05) is 32.2 Å². The van der Waals surface area contributed by atoms with E-state index in [0.717, 1.165) is 18.7 Å². The van der Waals surface area contributed by atoms with Crippen LogP contribution in [0.2, 0.25) is 0 Å². The molecule has 2 rings (SSSR count). The molecule has 1 N–H and O–H groups in total. The van der Waals surface area contributed by atoms with Crippen LogP contribution in [0.3, 0.4) is 0 Å². The smallest absolute Gasteiger partial charge is 0.410 e. The zero-order valence-corrected chi connectivity index (χ0v) is 13.7. The van der Waals surface area contributed by atoms with Crippen LogP contribution in [0.15, 0.2) is 30.3 Å². The number of carbonyl (C=O) groups excluding carboxylic acids is 1. The number of piperazine rings is 1. The van der Waals surface area contributed by atoms with Gasteiger partial charge in [0.05, 0.1) is 5.60 Å². The molecule has 1 fully saturated rings. The largest absolute Gasteiger partial charge is 0.445 e. The Balaban J connectivity index is 1.82. The summed E-state index contributed by atoms with van der Waals surface area (Å²) in [7, 11) is 0. The standard InChI is InChI=1S/C17H26N2O3/c1-14-11-18(13-17(2,3)21)9-10-19(14)16(20)22-12-15-7-5-4-6-8-15/h4-8,14,21H,9-13H2,1-3H3. The van der Waals surface area contributed by atoms with Gasteiger partial charge in [-0.15, -0.1) is 0 Å². The molecule has 5 heteroatoms. The molecule has 122 valence electrons. The van der Waals surface area contributed by atoms with Crippen molar-refractivity contribution in [2.45, 2.75) is 39.0 Å². The molecule has 0 radical (unpaired) electrons. The van der Waals surface area contributed by atoms with Crippen molar-refractivity contribution in [1.29, 1.82) is 0 Å². The molecule has 0 aromatic heterocycles. The zero-order valence-electron chi connectivity index (χ0n) is 13.7. The van der Waals surface area contributed by atoms with Gasteiger partial charge in [-0.25, -0.2) is 4.79 Å². The Bertz CT molecular complexity index is 484. The lowest BCUT2D eigenvalue weighted by molar-refractivity contribution is 0.00149. The number of benzene rings is 1. The molecule has 5 nitrogen and oxygen atoms in total. The second-order valence-corrected chi connectivity index (χ2v) is 6.63. The van der Waals surface area contributed by atoms with E-state index in [1.165, 1.54) is 0 Å². The van der Waals surface area contributed by atoms with E-state index in [4.69, 9.17) is 4.74 Å². The minimum atomic E-state index is -0.713. The zero-order chi connectivity index (χ0) is 16.2. The summed E-state index contributed by atoms with van der Waals surface area (Å²) in [5.74, 6) is 0. The number of ether oxygens (including phenoxy) is 1. The van der Waals surface area contributed by atoms with E-state index in [1.54, 1.807) is 18.7 Å². The van der Waals surface area contributed by atoms with E-state index in [-0.39, 0.29) is 12.1 Å². The molecule has 1 aromatic rings. The van der Waals surface area contributed by atoms with Crippen LogP contribution in [0.4, 0.5) is 4.79 Å². The summed E-state index contributed by atoms with van der Waals surface area (Å²) in [6, 6.07) is 9.77. The average molecular weight is 306 g/mol. The molecular formula is C17H26N2O3. The van der Waals surface area contributed by atoms with Crippen molar-refractivity contribution in [3.63, 3.8) is 0 Å². The van der Waals surface area contributed by atoms with Crippen LogP contribution in [0.25, 0.3) is 0 Å². The highest BCUT2D eigenvalue weighted by molar-refractivity contribution is 5.68. The highest BCUT2D eigenvalue weighted by Crippen LogP contribution is 2.15.